The normalized spacial score (nSPS) is 34.4. The third-order valence-electron chi connectivity index (χ3n) is 4.71. The van der Waals surface area contributed by atoms with Crippen LogP contribution in [0.2, 0.25) is 0 Å². The molecule has 0 spiro atoms. The molecule has 104 valence electrons. The van der Waals surface area contributed by atoms with Crippen LogP contribution >= 0.6 is 11.8 Å². The first-order chi connectivity index (χ1) is 8.70. The summed E-state index contributed by atoms with van der Waals surface area (Å²) in [6, 6.07) is 0. The van der Waals surface area contributed by atoms with Crippen LogP contribution in [0.15, 0.2) is 0 Å². The topological polar surface area (TPSA) is 37.3 Å². The summed E-state index contributed by atoms with van der Waals surface area (Å²) < 4.78 is 0. The summed E-state index contributed by atoms with van der Waals surface area (Å²) in [6.07, 6.45) is 11.1. The van der Waals surface area contributed by atoms with E-state index in [1.54, 1.807) is 0 Å². The largest absolute Gasteiger partial charge is 0.481 e. The summed E-state index contributed by atoms with van der Waals surface area (Å²) in [5.74, 6) is 0.124. The van der Waals surface area contributed by atoms with Gasteiger partial charge in [-0.1, -0.05) is 32.6 Å². The van der Waals surface area contributed by atoms with Gasteiger partial charge in [-0.3, -0.25) is 4.79 Å². The van der Waals surface area contributed by atoms with Gasteiger partial charge in [0, 0.05) is 10.5 Å². The van der Waals surface area contributed by atoms with E-state index in [1.165, 1.54) is 38.5 Å². The number of carbonyl (C=O) groups is 1. The molecular formula is C15H26O2S. The fourth-order valence-corrected chi connectivity index (χ4v) is 5.39. The van der Waals surface area contributed by atoms with Gasteiger partial charge < -0.3 is 5.11 Å². The van der Waals surface area contributed by atoms with Gasteiger partial charge in [0.15, 0.2) is 0 Å². The van der Waals surface area contributed by atoms with Crippen molar-refractivity contribution in [1.82, 2.24) is 0 Å². The monoisotopic (exact) mass is 270 g/mol. The maximum Gasteiger partial charge on any atom is 0.307 e. The van der Waals surface area contributed by atoms with E-state index in [-0.39, 0.29) is 5.92 Å². The van der Waals surface area contributed by atoms with Crippen molar-refractivity contribution in [3.63, 3.8) is 0 Å². The fourth-order valence-electron chi connectivity index (χ4n) is 3.46. The molecule has 0 bridgehead atoms. The van der Waals surface area contributed by atoms with Crippen LogP contribution in [-0.2, 0) is 4.79 Å². The van der Waals surface area contributed by atoms with E-state index in [2.05, 4.69) is 6.92 Å². The molecule has 0 heterocycles. The Morgan fingerprint density at radius 2 is 1.89 bits per heavy atom. The smallest absolute Gasteiger partial charge is 0.307 e. The summed E-state index contributed by atoms with van der Waals surface area (Å²) >= 11 is 2.02. The molecule has 2 nitrogen and oxygen atoms in total. The number of rotatable bonds is 4. The van der Waals surface area contributed by atoms with E-state index in [1.807, 2.05) is 11.8 Å². The van der Waals surface area contributed by atoms with Crippen LogP contribution in [0.25, 0.3) is 0 Å². The number of hydrogen-bond acceptors (Lipinski definition) is 2. The second-order valence-electron chi connectivity index (χ2n) is 5.97. The molecule has 18 heavy (non-hydrogen) atoms. The Morgan fingerprint density at radius 1 is 1.17 bits per heavy atom. The molecule has 0 radical (unpaired) electrons. The summed E-state index contributed by atoms with van der Waals surface area (Å²) in [5.41, 5.74) is 0. The molecule has 0 aromatic carbocycles. The number of hydrogen-bond donors (Lipinski definition) is 1. The lowest BCUT2D eigenvalue weighted by Crippen LogP contribution is -2.34. The summed E-state index contributed by atoms with van der Waals surface area (Å²) in [6.45, 7) is 2.24. The zero-order valence-electron chi connectivity index (χ0n) is 11.4. The predicted molar refractivity (Wildman–Crippen MR) is 77.0 cm³/mol. The predicted octanol–water partition coefficient (Wildman–Crippen LogP) is 4.33. The third kappa shape index (κ3) is 3.66. The Morgan fingerprint density at radius 3 is 2.50 bits per heavy atom. The zero-order valence-corrected chi connectivity index (χ0v) is 12.3. The Kier molecular flexibility index (Phi) is 5.40. The fraction of sp³-hybridized carbons (Fsp3) is 0.933. The molecule has 1 N–H and O–H groups in total. The Labute approximate surface area is 115 Å². The molecule has 2 rings (SSSR count). The molecule has 3 atom stereocenters. The van der Waals surface area contributed by atoms with Gasteiger partial charge in [0.05, 0.1) is 5.92 Å². The van der Waals surface area contributed by atoms with E-state index < -0.39 is 5.97 Å². The minimum atomic E-state index is -0.558. The second-order valence-corrected chi connectivity index (χ2v) is 7.51. The molecular weight excluding hydrogens is 244 g/mol. The Balaban J connectivity index is 1.93. The van der Waals surface area contributed by atoms with Crippen molar-refractivity contribution >= 4 is 17.7 Å². The van der Waals surface area contributed by atoms with E-state index in [4.69, 9.17) is 0 Å². The molecule has 0 aromatic rings. The van der Waals surface area contributed by atoms with E-state index in [9.17, 15) is 9.90 Å². The molecule has 2 aliphatic rings. The lowest BCUT2D eigenvalue weighted by Gasteiger charge is -2.36. The molecule has 3 unspecified atom stereocenters. The highest BCUT2D eigenvalue weighted by molar-refractivity contribution is 8.00. The highest BCUT2D eigenvalue weighted by Crippen LogP contribution is 2.42. The second kappa shape index (κ2) is 6.83. The number of carboxylic acid groups (broad SMARTS) is 1. The summed E-state index contributed by atoms with van der Waals surface area (Å²) in [5, 5.41) is 10.5. The number of thioether (sulfide) groups is 1. The van der Waals surface area contributed by atoms with E-state index in [0.717, 1.165) is 30.4 Å². The van der Waals surface area contributed by atoms with Crippen LogP contribution in [0, 0.1) is 11.8 Å². The van der Waals surface area contributed by atoms with Gasteiger partial charge in [-0.2, -0.15) is 11.8 Å². The molecule has 0 amide bonds. The SMILES string of the molecule is CCC1CCC(C(=O)O)C(SC2CCCCC2)C1. The van der Waals surface area contributed by atoms with E-state index >= 15 is 0 Å². The van der Waals surface area contributed by atoms with Gasteiger partial charge in [0.25, 0.3) is 0 Å². The van der Waals surface area contributed by atoms with Crippen LogP contribution in [0.3, 0.4) is 0 Å². The molecule has 0 aliphatic heterocycles. The minimum Gasteiger partial charge on any atom is -0.481 e. The molecule has 0 saturated heterocycles. The average molecular weight is 270 g/mol. The first-order valence-corrected chi connectivity index (χ1v) is 8.53. The first-order valence-electron chi connectivity index (χ1n) is 7.59. The Bertz CT molecular complexity index is 274. The molecule has 2 saturated carbocycles. The summed E-state index contributed by atoms with van der Waals surface area (Å²) in [7, 11) is 0. The van der Waals surface area contributed by atoms with Crippen LogP contribution in [0.4, 0.5) is 0 Å². The minimum absolute atomic E-state index is 0.0836. The van der Waals surface area contributed by atoms with Crippen molar-refractivity contribution in [3.8, 4) is 0 Å². The number of carboxylic acids is 1. The van der Waals surface area contributed by atoms with Crippen molar-refractivity contribution in [1.29, 1.82) is 0 Å². The zero-order chi connectivity index (χ0) is 13.0. The van der Waals surface area contributed by atoms with Crippen LogP contribution in [0.1, 0.15) is 64.7 Å². The van der Waals surface area contributed by atoms with Gasteiger partial charge in [-0.25, -0.2) is 0 Å². The quantitative estimate of drug-likeness (QED) is 0.826. The first kappa shape index (κ1) is 14.2. The van der Waals surface area contributed by atoms with Crippen molar-refractivity contribution in [2.24, 2.45) is 11.8 Å². The lowest BCUT2D eigenvalue weighted by atomic mass is 9.80. The highest BCUT2D eigenvalue weighted by Gasteiger charge is 2.36. The molecule has 2 fully saturated rings. The third-order valence-corrected chi connectivity index (χ3v) is 6.44. The van der Waals surface area contributed by atoms with Gasteiger partial charge in [-0.05, 0) is 38.0 Å². The number of aliphatic carboxylic acids is 1. The molecule has 2 aliphatic carbocycles. The average Bonchev–Trinajstić information content (AvgIpc) is 2.39. The van der Waals surface area contributed by atoms with Crippen LogP contribution < -0.4 is 0 Å². The lowest BCUT2D eigenvalue weighted by molar-refractivity contribution is -0.142. The van der Waals surface area contributed by atoms with Crippen molar-refractivity contribution in [2.45, 2.75) is 75.2 Å². The van der Waals surface area contributed by atoms with Gasteiger partial charge in [0.1, 0.15) is 0 Å². The molecule has 3 heteroatoms. The van der Waals surface area contributed by atoms with Crippen molar-refractivity contribution in [3.05, 3.63) is 0 Å². The standard InChI is InChI=1S/C15H26O2S/c1-2-11-8-9-13(15(16)17)14(10-11)18-12-6-4-3-5-7-12/h11-14H,2-10H2,1H3,(H,16,17). The van der Waals surface area contributed by atoms with Crippen LogP contribution in [-0.4, -0.2) is 21.6 Å². The summed E-state index contributed by atoms with van der Waals surface area (Å²) in [4.78, 5) is 11.4. The Hall–Kier alpha value is -0.180. The maximum atomic E-state index is 11.4. The van der Waals surface area contributed by atoms with E-state index in [0.29, 0.717) is 5.25 Å². The maximum absolute atomic E-state index is 11.4. The van der Waals surface area contributed by atoms with Crippen LogP contribution in [0.5, 0.6) is 0 Å². The molecule has 0 aromatic heterocycles. The van der Waals surface area contributed by atoms with Crippen molar-refractivity contribution < 1.29 is 9.90 Å². The van der Waals surface area contributed by atoms with Gasteiger partial charge >= 0.3 is 5.97 Å². The van der Waals surface area contributed by atoms with Crippen molar-refractivity contribution in [2.75, 3.05) is 0 Å². The van der Waals surface area contributed by atoms with Gasteiger partial charge in [-0.15, -0.1) is 0 Å². The highest BCUT2D eigenvalue weighted by atomic mass is 32.2. The van der Waals surface area contributed by atoms with Gasteiger partial charge in [0.2, 0.25) is 0 Å².